The number of aliphatic hydroxyl groups is 1. The monoisotopic (exact) mass is 358 g/mol. The molecule has 5 nitrogen and oxygen atoms in total. The van der Waals surface area contributed by atoms with Gasteiger partial charge >= 0.3 is 5.97 Å². The lowest BCUT2D eigenvalue weighted by molar-refractivity contribution is -0.208. The van der Waals surface area contributed by atoms with Gasteiger partial charge in [-0.1, -0.05) is 46.3 Å². The van der Waals surface area contributed by atoms with E-state index in [1.54, 1.807) is 0 Å². The van der Waals surface area contributed by atoms with Crippen molar-refractivity contribution in [1.82, 2.24) is 0 Å². The Bertz CT molecular complexity index is 453. The number of carbonyl (C=O) groups excluding carboxylic acids is 1. The Balaban J connectivity index is 2.02. The van der Waals surface area contributed by atoms with E-state index in [1.807, 2.05) is 30.3 Å². The van der Waals surface area contributed by atoms with Crippen LogP contribution in [0.2, 0.25) is 0 Å². The average Bonchev–Trinajstić information content (AvgIpc) is 2.52. The fraction of sp³-hybridized carbons (Fsp3) is 0.533. The number of aliphatic hydroxyl groups excluding tert-OH is 1. The molecule has 1 aromatic carbocycles. The highest BCUT2D eigenvalue weighted by atomic mass is 79.9. The van der Waals surface area contributed by atoms with Crippen LogP contribution >= 0.6 is 15.9 Å². The molecule has 116 valence electrons. The maximum Gasteiger partial charge on any atom is 0.320 e. The number of carbonyl (C=O) groups is 1. The van der Waals surface area contributed by atoms with E-state index < -0.39 is 23.0 Å². The molecule has 0 saturated carbocycles. The van der Waals surface area contributed by atoms with E-state index in [0.29, 0.717) is 19.6 Å². The minimum atomic E-state index is -1.05. The van der Waals surface area contributed by atoms with Gasteiger partial charge in [-0.05, 0) is 12.0 Å². The van der Waals surface area contributed by atoms with Crippen LogP contribution in [0.4, 0.5) is 0 Å². The first-order valence-corrected chi connectivity index (χ1v) is 7.72. The summed E-state index contributed by atoms with van der Waals surface area (Å²) in [6.07, 6.45) is -0.714. The van der Waals surface area contributed by atoms with Crippen molar-refractivity contribution in [2.45, 2.75) is 30.2 Å². The number of esters is 1. The van der Waals surface area contributed by atoms with Crippen molar-refractivity contribution in [3.05, 3.63) is 35.9 Å². The minimum Gasteiger partial charge on any atom is -0.468 e. The van der Waals surface area contributed by atoms with Gasteiger partial charge in [0, 0.05) is 0 Å². The molecule has 2 rings (SSSR count). The van der Waals surface area contributed by atoms with Gasteiger partial charge in [0.2, 0.25) is 0 Å². The maximum atomic E-state index is 11.7. The summed E-state index contributed by atoms with van der Waals surface area (Å²) >= 11 is 3.28. The van der Waals surface area contributed by atoms with E-state index in [2.05, 4.69) is 15.9 Å². The molecule has 1 aliphatic heterocycles. The highest BCUT2D eigenvalue weighted by molar-refractivity contribution is 9.10. The largest absolute Gasteiger partial charge is 0.468 e. The summed E-state index contributed by atoms with van der Waals surface area (Å²) in [6, 6.07) is 9.76. The normalized spacial score (nSPS) is 27.1. The van der Waals surface area contributed by atoms with Crippen molar-refractivity contribution in [3.63, 3.8) is 0 Å². The molecule has 21 heavy (non-hydrogen) atoms. The van der Waals surface area contributed by atoms with Gasteiger partial charge in [0.25, 0.3) is 0 Å². The number of alkyl halides is 1. The Labute approximate surface area is 132 Å². The first kappa shape index (κ1) is 16.4. The summed E-state index contributed by atoms with van der Waals surface area (Å²) in [6.45, 7) is 0.827. The highest BCUT2D eigenvalue weighted by Gasteiger charge is 2.42. The van der Waals surface area contributed by atoms with E-state index in [-0.39, 0.29) is 6.10 Å². The van der Waals surface area contributed by atoms with Gasteiger partial charge in [-0.15, -0.1) is 0 Å². The van der Waals surface area contributed by atoms with Crippen LogP contribution in [0, 0.1) is 5.92 Å². The number of halogens is 1. The SMILES string of the molecule is COC(=O)C(Br)[C@@H]1[C@H](O)OCC[C@H]1OCc1ccccc1. The lowest BCUT2D eigenvalue weighted by Gasteiger charge is -2.37. The smallest absolute Gasteiger partial charge is 0.320 e. The molecule has 0 bridgehead atoms. The molecule has 1 fully saturated rings. The molecule has 1 aliphatic rings. The van der Waals surface area contributed by atoms with Crippen LogP contribution in [0.3, 0.4) is 0 Å². The first-order chi connectivity index (χ1) is 10.1. The highest BCUT2D eigenvalue weighted by Crippen LogP contribution is 2.31. The second-order valence-electron chi connectivity index (χ2n) is 4.89. The molecule has 0 radical (unpaired) electrons. The van der Waals surface area contributed by atoms with Crippen LogP contribution < -0.4 is 0 Å². The number of benzene rings is 1. The van der Waals surface area contributed by atoms with Crippen LogP contribution in [0.15, 0.2) is 30.3 Å². The van der Waals surface area contributed by atoms with Crippen molar-refractivity contribution in [2.75, 3.05) is 13.7 Å². The molecule has 1 unspecified atom stereocenters. The van der Waals surface area contributed by atoms with E-state index in [4.69, 9.17) is 14.2 Å². The molecular formula is C15H19BrO5. The Morgan fingerprint density at radius 3 is 2.86 bits per heavy atom. The molecule has 0 aromatic heterocycles. The molecule has 1 aromatic rings. The van der Waals surface area contributed by atoms with E-state index in [0.717, 1.165) is 5.56 Å². The van der Waals surface area contributed by atoms with Gasteiger partial charge in [-0.25, -0.2) is 0 Å². The number of rotatable bonds is 5. The first-order valence-electron chi connectivity index (χ1n) is 6.80. The van der Waals surface area contributed by atoms with Crippen molar-refractivity contribution in [1.29, 1.82) is 0 Å². The van der Waals surface area contributed by atoms with Crippen molar-refractivity contribution in [2.24, 2.45) is 5.92 Å². The van der Waals surface area contributed by atoms with Crippen LogP contribution in [0.25, 0.3) is 0 Å². The zero-order valence-electron chi connectivity index (χ0n) is 11.8. The standard InChI is InChI=1S/C15H19BrO5/c1-19-15(18)13(16)12-11(7-8-20-14(12)17)21-9-10-5-3-2-4-6-10/h2-6,11-14,17H,7-9H2,1H3/t11-,12-,13?,14-/m1/s1. The predicted octanol–water partition coefficient (Wildman–Crippen LogP) is 1.86. The van der Waals surface area contributed by atoms with Gasteiger partial charge in [0.1, 0.15) is 4.83 Å². The summed E-state index contributed by atoms with van der Waals surface area (Å²) in [5.74, 6) is -0.951. The fourth-order valence-corrected chi connectivity index (χ4v) is 3.16. The average molecular weight is 359 g/mol. The topological polar surface area (TPSA) is 65.0 Å². The zero-order chi connectivity index (χ0) is 15.2. The summed E-state index contributed by atoms with van der Waals surface area (Å²) < 4.78 is 15.8. The lowest BCUT2D eigenvalue weighted by Crippen LogP contribution is -2.48. The van der Waals surface area contributed by atoms with E-state index >= 15 is 0 Å². The van der Waals surface area contributed by atoms with Gasteiger partial charge in [0.15, 0.2) is 6.29 Å². The summed E-state index contributed by atoms with van der Waals surface area (Å²) in [7, 11) is 1.31. The molecule has 0 amide bonds. The third kappa shape index (κ3) is 4.26. The molecule has 0 aliphatic carbocycles. The molecule has 1 heterocycles. The quantitative estimate of drug-likeness (QED) is 0.642. The number of hydrogen-bond donors (Lipinski definition) is 1. The molecule has 6 heteroatoms. The summed E-state index contributed by atoms with van der Waals surface area (Å²) in [4.78, 5) is 11.0. The van der Waals surface area contributed by atoms with Gasteiger partial charge in [0.05, 0.1) is 32.3 Å². The van der Waals surface area contributed by atoms with Gasteiger partial charge in [-0.2, -0.15) is 0 Å². The molecule has 1 saturated heterocycles. The maximum absolute atomic E-state index is 11.7. The Morgan fingerprint density at radius 1 is 1.48 bits per heavy atom. The summed E-state index contributed by atoms with van der Waals surface area (Å²) in [5, 5.41) is 10.0. The molecule has 0 spiro atoms. The predicted molar refractivity (Wildman–Crippen MR) is 79.8 cm³/mol. The zero-order valence-corrected chi connectivity index (χ0v) is 13.4. The lowest BCUT2D eigenvalue weighted by atomic mass is 9.93. The molecule has 1 N–H and O–H groups in total. The number of ether oxygens (including phenoxy) is 3. The number of methoxy groups -OCH3 is 1. The Morgan fingerprint density at radius 2 is 2.19 bits per heavy atom. The van der Waals surface area contributed by atoms with Crippen LogP contribution in [-0.4, -0.2) is 42.0 Å². The summed E-state index contributed by atoms with van der Waals surface area (Å²) in [5.41, 5.74) is 1.04. The fourth-order valence-electron chi connectivity index (χ4n) is 2.37. The van der Waals surface area contributed by atoms with Crippen LogP contribution in [0.5, 0.6) is 0 Å². The number of hydrogen-bond acceptors (Lipinski definition) is 5. The minimum absolute atomic E-state index is 0.280. The third-order valence-corrected chi connectivity index (χ3v) is 4.51. The Hall–Kier alpha value is -0.950. The van der Waals surface area contributed by atoms with Crippen LogP contribution in [-0.2, 0) is 25.6 Å². The third-order valence-electron chi connectivity index (χ3n) is 3.52. The van der Waals surface area contributed by atoms with Crippen LogP contribution in [0.1, 0.15) is 12.0 Å². The second kappa shape index (κ2) is 7.89. The molecule has 4 atom stereocenters. The molecular weight excluding hydrogens is 340 g/mol. The van der Waals surface area contributed by atoms with Gasteiger partial charge in [-0.3, -0.25) is 4.79 Å². The Kier molecular flexibility index (Phi) is 6.17. The van der Waals surface area contributed by atoms with Crippen molar-refractivity contribution < 1.29 is 24.1 Å². The van der Waals surface area contributed by atoms with E-state index in [1.165, 1.54) is 7.11 Å². The van der Waals surface area contributed by atoms with Gasteiger partial charge < -0.3 is 19.3 Å². The van der Waals surface area contributed by atoms with Crippen molar-refractivity contribution >= 4 is 21.9 Å². The van der Waals surface area contributed by atoms with E-state index in [9.17, 15) is 9.90 Å². The van der Waals surface area contributed by atoms with Crippen molar-refractivity contribution in [3.8, 4) is 0 Å². The second-order valence-corrected chi connectivity index (χ2v) is 5.87.